The molecule has 2 aromatic rings. The predicted octanol–water partition coefficient (Wildman–Crippen LogP) is 3.39. The Bertz CT molecular complexity index is 746. The molecule has 1 unspecified atom stereocenters. The maximum Gasteiger partial charge on any atom is 0.263 e. The summed E-state index contributed by atoms with van der Waals surface area (Å²) in [7, 11) is 1.60. The van der Waals surface area contributed by atoms with Gasteiger partial charge in [-0.25, -0.2) is 0 Å². The second kappa shape index (κ2) is 8.39. The Kier molecular flexibility index (Phi) is 5.98. The van der Waals surface area contributed by atoms with E-state index >= 15 is 0 Å². The van der Waals surface area contributed by atoms with Crippen molar-refractivity contribution in [3.05, 3.63) is 71.9 Å². The van der Waals surface area contributed by atoms with Crippen LogP contribution < -0.4 is 15.4 Å². The van der Waals surface area contributed by atoms with Gasteiger partial charge in [0, 0.05) is 11.9 Å². The number of hydrogen-bond donors (Lipinski definition) is 2. The molecule has 122 valence electrons. The molecule has 2 rings (SSSR count). The largest absolute Gasteiger partial charge is 0.497 e. The van der Waals surface area contributed by atoms with E-state index in [1.807, 2.05) is 67.6 Å². The van der Waals surface area contributed by atoms with E-state index in [-0.39, 0.29) is 11.6 Å². The second-order valence-corrected chi connectivity index (χ2v) is 5.15. The number of nitrogens with one attached hydrogen (secondary N) is 2. The maximum atomic E-state index is 12.2. The number of para-hydroxylation sites is 1. The van der Waals surface area contributed by atoms with E-state index in [4.69, 9.17) is 4.74 Å². The quantitative estimate of drug-likeness (QED) is 0.632. The van der Waals surface area contributed by atoms with Crippen LogP contribution in [0.1, 0.15) is 18.5 Å². The summed E-state index contributed by atoms with van der Waals surface area (Å²) < 4.78 is 5.11. The topological polar surface area (TPSA) is 74.1 Å². The third kappa shape index (κ3) is 4.62. The fraction of sp³-hybridized carbons (Fsp3) is 0.158. The number of benzene rings is 2. The van der Waals surface area contributed by atoms with Crippen LogP contribution in [0.2, 0.25) is 0 Å². The van der Waals surface area contributed by atoms with Gasteiger partial charge >= 0.3 is 0 Å². The van der Waals surface area contributed by atoms with Crippen molar-refractivity contribution < 1.29 is 9.53 Å². The minimum atomic E-state index is -0.427. The highest BCUT2D eigenvalue weighted by Crippen LogP contribution is 2.17. The summed E-state index contributed by atoms with van der Waals surface area (Å²) in [6, 6.07) is 18.4. The van der Waals surface area contributed by atoms with Crippen molar-refractivity contribution in [1.29, 1.82) is 5.26 Å². The zero-order chi connectivity index (χ0) is 17.4. The molecule has 1 amide bonds. The van der Waals surface area contributed by atoms with Crippen LogP contribution in [0.15, 0.2) is 66.4 Å². The van der Waals surface area contributed by atoms with Crippen molar-refractivity contribution in [3.8, 4) is 11.8 Å². The number of ether oxygens (including phenoxy) is 1. The molecule has 5 heteroatoms. The fourth-order valence-electron chi connectivity index (χ4n) is 2.09. The first-order valence-corrected chi connectivity index (χ1v) is 7.50. The summed E-state index contributed by atoms with van der Waals surface area (Å²) in [4.78, 5) is 12.2. The van der Waals surface area contributed by atoms with Crippen molar-refractivity contribution in [3.63, 3.8) is 0 Å². The molecule has 1 atom stereocenters. The van der Waals surface area contributed by atoms with Crippen molar-refractivity contribution >= 4 is 11.6 Å². The minimum Gasteiger partial charge on any atom is -0.497 e. The Hall–Kier alpha value is -3.26. The summed E-state index contributed by atoms with van der Waals surface area (Å²) in [5.74, 6) is 0.325. The van der Waals surface area contributed by atoms with Gasteiger partial charge in [0.2, 0.25) is 0 Å². The lowest BCUT2D eigenvalue weighted by Gasteiger charge is -2.14. The third-order valence-electron chi connectivity index (χ3n) is 3.49. The van der Waals surface area contributed by atoms with Crippen LogP contribution in [0.25, 0.3) is 0 Å². The zero-order valence-electron chi connectivity index (χ0n) is 13.6. The molecule has 0 aliphatic rings. The molecular weight excluding hydrogens is 302 g/mol. The molecule has 0 radical (unpaired) electrons. The lowest BCUT2D eigenvalue weighted by Crippen LogP contribution is -2.28. The first kappa shape index (κ1) is 17.1. The van der Waals surface area contributed by atoms with Gasteiger partial charge in [0.25, 0.3) is 5.91 Å². The van der Waals surface area contributed by atoms with Gasteiger partial charge in [0.15, 0.2) is 0 Å². The van der Waals surface area contributed by atoms with E-state index in [0.717, 1.165) is 17.0 Å². The average molecular weight is 321 g/mol. The summed E-state index contributed by atoms with van der Waals surface area (Å²) >= 11 is 0. The maximum absolute atomic E-state index is 12.2. The van der Waals surface area contributed by atoms with Crippen LogP contribution in [-0.2, 0) is 4.79 Å². The number of carbonyl (C=O) groups is 1. The van der Waals surface area contributed by atoms with Crippen molar-refractivity contribution in [2.75, 3.05) is 12.4 Å². The van der Waals surface area contributed by atoms with Gasteiger partial charge in [-0.15, -0.1) is 0 Å². The standard InChI is InChI=1S/C19H19N3O2/c1-14(15-8-10-18(24-2)11-9-15)22-19(23)16(12-20)13-21-17-6-4-3-5-7-17/h3-11,13-14,21H,1-2H3,(H,22,23)/b16-13-. The van der Waals surface area contributed by atoms with Gasteiger partial charge in [-0.1, -0.05) is 30.3 Å². The first-order chi connectivity index (χ1) is 11.6. The SMILES string of the molecule is COc1ccc(C(C)NC(=O)/C(C#N)=C\Nc2ccccc2)cc1. The van der Waals surface area contributed by atoms with Crippen molar-refractivity contribution in [2.24, 2.45) is 0 Å². The molecule has 0 heterocycles. The van der Waals surface area contributed by atoms with Crippen LogP contribution in [0.4, 0.5) is 5.69 Å². The van der Waals surface area contributed by atoms with Crippen molar-refractivity contribution in [2.45, 2.75) is 13.0 Å². The van der Waals surface area contributed by atoms with Gasteiger partial charge in [-0.2, -0.15) is 5.26 Å². The highest BCUT2D eigenvalue weighted by atomic mass is 16.5. The van der Waals surface area contributed by atoms with Crippen LogP contribution in [0.3, 0.4) is 0 Å². The zero-order valence-corrected chi connectivity index (χ0v) is 13.6. The van der Waals surface area contributed by atoms with E-state index < -0.39 is 5.91 Å². The Morgan fingerprint density at radius 1 is 1.17 bits per heavy atom. The highest BCUT2D eigenvalue weighted by molar-refractivity contribution is 5.97. The number of nitrogens with zero attached hydrogens (tertiary/aromatic N) is 1. The summed E-state index contributed by atoms with van der Waals surface area (Å²) in [5.41, 5.74) is 1.75. The van der Waals surface area contributed by atoms with Crippen molar-refractivity contribution in [1.82, 2.24) is 5.32 Å². The number of rotatable bonds is 6. The molecular formula is C19H19N3O2. The molecule has 0 saturated heterocycles. The molecule has 5 nitrogen and oxygen atoms in total. The number of nitriles is 1. The second-order valence-electron chi connectivity index (χ2n) is 5.15. The van der Waals surface area contributed by atoms with Gasteiger partial charge in [-0.05, 0) is 36.8 Å². The van der Waals surface area contributed by atoms with Crippen LogP contribution in [0.5, 0.6) is 5.75 Å². The number of carbonyl (C=O) groups excluding carboxylic acids is 1. The van der Waals surface area contributed by atoms with Gasteiger partial charge in [0.1, 0.15) is 17.4 Å². The highest BCUT2D eigenvalue weighted by Gasteiger charge is 2.13. The van der Waals surface area contributed by atoms with Gasteiger partial charge in [0.05, 0.1) is 13.2 Å². The molecule has 0 spiro atoms. The van der Waals surface area contributed by atoms with E-state index in [0.29, 0.717) is 0 Å². The minimum absolute atomic E-state index is 0.0132. The first-order valence-electron chi connectivity index (χ1n) is 7.50. The molecule has 0 aromatic heterocycles. The Morgan fingerprint density at radius 2 is 1.83 bits per heavy atom. The predicted molar refractivity (Wildman–Crippen MR) is 93.3 cm³/mol. The summed E-state index contributed by atoms with van der Waals surface area (Å²) in [5, 5.41) is 14.9. The lowest BCUT2D eigenvalue weighted by atomic mass is 10.1. The lowest BCUT2D eigenvalue weighted by molar-refractivity contribution is -0.117. The monoisotopic (exact) mass is 321 g/mol. The summed E-state index contributed by atoms with van der Waals surface area (Å²) in [6.07, 6.45) is 1.41. The normalized spacial score (nSPS) is 12.0. The van der Waals surface area contributed by atoms with Gasteiger partial charge in [-0.3, -0.25) is 4.79 Å². The van der Waals surface area contributed by atoms with E-state index in [1.54, 1.807) is 7.11 Å². The smallest absolute Gasteiger partial charge is 0.263 e. The molecule has 0 aliphatic heterocycles. The molecule has 0 saturated carbocycles. The van der Waals surface area contributed by atoms with E-state index in [2.05, 4.69) is 10.6 Å². The molecule has 0 fully saturated rings. The Balaban J connectivity index is 2.01. The van der Waals surface area contributed by atoms with Crippen LogP contribution >= 0.6 is 0 Å². The number of anilines is 1. The molecule has 24 heavy (non-hydrogen) atoms. The fourth-order valence-corrected chi connectivity index (χ4v) is 2.09. The molecule has 0 bridgehead atoms. The average Bonchev–Trinajstić information content (AvgIpc) is 2.63. The van der Waals surface area contributed by atoms with Crippen LogP contribution in [0, 0.1) is 11.3 Å². The Morgan fingerprint density at radius 3 is 2.42 bits per heavy atom. The van der Waals surface area contributed by atoms with E-state index in [9.17, 15) is 10.1 Å². The summed E-state index contributed by atoms with van der Waals surface area (Å²) in [6.45, 7) is 1.86. The Labute approximate surface area is 141 Å². The van der Waals surface area contributed by atoms with Gasteiger partial charge < -0.3 is 15.4 Å². The van der Waals surface area contributed by atoms with Crippen LogP contribution in [-0.4, -0.2) is 13.0 Å². The number of amides is 1. The van der Waals surface area contributed by atoms with E-state index in [1.165, 1.54) is 6.20 Å². The molecule has 2 aromatic carbocycles. The molecule has 2 N–H and O–H groups in total. The third-order valence-corrected chi connectivity index (χ3v) is 3.49. The number of methoxy groups -OCH3 is 1. The molecule has 0 aliphatic carbocycles. The number of hydrogen-bond acceptors (Lipinski definition) is 4.